The van der Waals surface area contributed by atoms with Crippen molar-refractivity contribution in [3.8, 4) is 89.8 Å². The van der Waals surface area contributed by atoms with Crippen molar-refractivity contribution >= 4 is 174 Å². The van der Waals surface area contributed by atoms with Gasteiger partial charge in [-0.05, 0) is 269 Å². The van der Waals surface area contributed by atoms with Gasteiger partial charge in [-0.3, -0.25) is 0 Å². The lowest BCUT2D eigenvalue weighted by Crippen LogP contribution is -1.95. The van der Waals surface area contributed by atoms with Crippen LogP contribution in [0.4, 0.5) is 0 Å². The highest BCUT2D eigenvalue weighted by atomic mass is 15.0. The first-order valence-electron chi connectivity index (χ1n) is 48.9. The second-order valence-electron chi connectivity index (χ2n) is 37.3. The molecule has 662 valence electrons. The van der Waals surface area contributed by atoms with E-state index in [1.807, 2.05) is 0 Å². The smallest absolute Gasteiger partial charge is 0.0547 e. The van der Waals surface area contributed by atoms with E-state index in [1.165, 1.54) is 264 Å². The first-order valence-corrected chi connectivity index (χ1v) is 48.9. The first-order chi connectivity index (χ1) is 70.5. The zero-order chi connectivity index (χ0) is 93.4. The van der Waals surface area contributed by atoms with Gasteiger partial charge in [-0.2, -0.15) is 0 Å². The standard InChI is InChI=1S/C48H30N2.C46H30N2.C42H28N2/c1-2-12-33(13-3-1)49-45-20-10-8-18-40(45)43-28-31(22-26-47(43)49)32-23-27-48-44(29-32)41-19-9-11-21-46(41)50(48)34-24-25-39-37-16-5-4-14-35(37)36-15-6-7-17-38(36)42(39)30-34;1-2-13-36(14-3-1)47-43-18-8-6-16-38(43)40-29-34(25-27-45(40)47)31-21-23-32(24-22-31)35-26-28-46-41(30-35)39-17-7-9-19-44(39)48(46)42-20-10-12-33-11-4-5-15-37(33)42;1-3-14-33(15-4-1)43-40-21-10-8-19-36(40)38-27-31(23-25-41(38)43)29-12-11-13-30(26-29)32-22-24-37-35-18-7-9-20-39(35)44(42(37)28-32)34-16-5-2-6-17-34/h1-30H;1-30H;1-28H. The minimum absolute atomic E-state index is 1.17. The summed E-state index contributed by atoms with van der Waals surface area (Å²) in [5.41, 5.74) is 33.9. The van der Waals surface area contributed by atoms with Crippen molar-refractivity contribution in [2.45, 2.75) is 0 Å². The Bertz CT molecular complexity index is 10300. The van der Waals surface area contributed by atoms with Crippen molar-refractivity contribution in [3.63, 3.8) is 0 Å². The molecule has 0 spiro atoms. The van der Waals surface area contributed by atoms with Gasteiger partial charge in [-0.25, -0.2) is 0 Å². The molecular formula is C136H88N6. The molecule has 0 unspecified atom stereocenters. The van der Waals surface area contributed by atoms with Crippen LogP contribution in [0.3, 0.4) is 0 Å². The van der Waals surface area contributed by atoms with Crippen LogP contribution < -0.4 is 0 Å². The van der Waals surface area contributed by atoms with Gasteiger partial charge in [0.25, 0.3) is 0 Å². The molecule has 0 saturated carbocycles. The lowest BCUT2D eigenvalue weighted by atomic mass is 9.94. The van der Waals surface area contributed by atoms with Crippen LogP contribution in [0.25, 0.3) is 264 Å². The van der Waals surface area contributed by atoms with Crippen LogP contribution in [0.1, 0.15) is 0 Å². The van der Waals surface area contributed by atoms with Crippen LogP contribution in [0, 0.1) is 0 Å². The lowest BCUT2D eigenvalue weighted by Gasteiger charge is -2.14. The first kappa shape index (κ1) is 81.5. The van der Waals surface area contributed by atoms with Gasteiger partial charge in [-0.15, -0.1) is 0 Å². The molecule has 0 aliphatic heterocycles. The van der Waals surface area contributed by atoms with Gasteiger partial charge in [-0.1, -0.05) is 358 Å². The largest absolute Gasteiger partial charge is 0.309 e. The molecule has 0 saturated heterocycles. The van der Waals surface area contributed by atoms with E-state index < -0.39 is 0 Å². The summed E-state index contributed by atoms with van der Waals surface area (Å²) in [6.07, 6.45) is 0. The second-order valence-corrected chi connectivity index (χ2v) is 37.3. The lowest BCUT2D eigenvalue weighted by molar-refractivity contribution is 1.18. The third-order valence-electron chi connectivity index (χ3n) is 29.5. The number of fused-ring (bicyclic) bond motifs is 25. The summed E-state index contributed by atoms with van der Waals surface area (Å²) in [7, 11) is 0. The van der Waals surface area contributed by atoms with Crippen molar-refractivity contribution in [2.75, 3.05) is 0 Å². The molecule has 6 aromatic heterocycles. The highest BCUT2D eigenvalue weighted by Gasteiger charge is 2.24. The maximum absolute atomic E-state index is 2.44. The molecule has 30 aromatic rings. The summed E-state index contributed by atoms with van der Waals surface area (Å²) in [6, 6.07) is 194. The molecule has 0 bridgehead atoms. The van der Waals surface area contributed by atoms with Gasteiger partial charge >= 0.3 is 0 Å². The van der Waals surface area contributed by atoms with Gasteiger partial charge < -0.3 is 27.4 Å². The summed E-state index contributed by atoms with van der Waals surface area (Å²) >= 11 is 0. The Kier molecular flexibility index (Phi) is 19.2. The fraction of sp³-hybridized carbons (Fsp3) is 0. The van der Waals surface area contributed by atoms with E-state index in [-0.39, 0.29) is 0 Å². The Balaban J connectivity index is 0.000000104. The number of hydrogen-bond acceptors (Lipinski definition) is 0. The molecule has 30 rings (SSSR count). The molecule has 0 radical (unpaired) electrons. The third-order valence-corrected chi connectivity index (χ3v) is 29.5. The van der Waals surface area contributed by atoms with Crippen LogP contribution in [-0.2, 0) is 0 Å². The third kappa shape index (κ3) is 13.4. The molecule has 0 amide bonds. The number of rotatable bonds is 11. The van der Waals surface area contributed by atoms with Crippen LogP contribution in [0.2, 0.25) is 0 Å². The number of nitrogens with zero attached hydrogens (tertiary/aromatic N) is 6. The Morgan fingerprint density at radius 1 is 0.0915 bits per heavy atom. The van der Waals surface area contributed by atoms with Crippen LogP contribution >= 0.6 is 0 Å². The molecule has 6 heteroatoms. The number of aromatic nitrogens is 6. The van der Waals surface area contributed by atoms with Gasteiger partial charge in [0.05, 0.1) is 71.9 Å². The summed E-state index contributed by atoms with van der Waals surface area (Å²) in [4.78, 5) is 0. The van der Waals surface area contributed by atoms with Gasteiger partial charge in [0.15, 0.2) is 0 Å². The highest BCUT2D eigenvalue weighted by molar-refractivity contribution is 6.26. The quantitative estimate of drug-likeness (QED) is 0.116. The molecule has 0 aliphatic rings. The van der Waals surface area contributed by atoms with E-state index in [4.69, 9.17) is 0 Å². The normalized spacial score (nSPS) is 11.8. The molecule has 24 aromatic carbocycles. The second kappa shape index (κ2) is 33.5. The Labute approximate surface area is 819 Å². The van der Waals surface area contributed by atoms with Crippen molar-refractivity contribution in [1.82, 2.24) is 27.4 Å². The van der Waals surface area contributed by atoms with E-state index in [0.29, 0.717) is 0 Å². The molecule has 0 N–H and O–H groups in total. The molecule has 142 heavy (non-hydrogen) atoms. The van der Waals surface area contributed by atoms with E-state index in [0.717, 1.165) is 0 Å². The van der Waals surface area contributed by atoms with E-state index in [1.54, 1.807) is 0 Å². The SMILES string of the molecule is c1ccc(-n2c3ccccc3c3cc(-c4ccc(-c5ccc6c(c5)c5ccccc5n6-c5cccc6ccccc56)cc4)ccc32)cc1.c1ccc(-n2c3ccccc3c3cc(-c4ccc5c(c4)c4ccccc4n5-c4ccc5c6ccccc6c6ccccc6c5c4)ccc32)cc1.c1ccc(-n2c3ccccc3c3cc(-c4cccc(-c5ccc6c7ccccc7n(-c7ccccc7)c6c5)c4)ccc32)cc1. The number of para-hydroxylation sites is 10. The van der Waals surface area contributed by atoms with Gasteiger partial charge in [0.1, 0.15) is 0 Å². The monoisotopic (exact) mass is 1800 g/mol. The molecule has 6 heterocycles. The average Bonchev–Trinajstić information content (AvgIpc) is 1.34. The summed E-state index contributed by atoms with van der Waals surface area (Å²) in [5, 5.41) is 25.4. The van der Waals surface area contributed by atoms with E-state index >= 15 is 0 Å². The zero-order valence-corrected chi connectivity index (χ0v) is 77.5. The topological polar surface area (TPSA) is 29.6 Å². The fourth-order valence-electron chi connectivity index (χ4n) is 23.0. The van der Waals surface area contributed by atoms with Crippen LogP contribution in [0.5, 0.6) is 0 Å². The summed E-state index contributed by atoms with van der Waals surface area (Å²) < 4.78 is 14.4. The molecular weight excluding hydrogens is 1720 g/mol. The fourth-order valence-corrected chi connectivity index (χ4v) is 23.0. The predicted molar refractivity (Wildman–Crippen MR) is 603 cm³/mol. The predicted octanol–water partition coefficient (Wildman–Crippen LogP) is 36.6. The maximum atomic E-state index is 2.44. The Morgan fingerprint density at radius 2 is 0.317 bits per heavy atom. The van der Waals surface area contributed by atoms with Crippen LogP contribution in [-0.4, -0.2) is 27.4 Å². The number of benzene rings is 24. The van der Waals surface area contributed by atoms with E-state index in [2.05, 4.69) is 561 Å². The molecule has 0 fully saturated rings. The van der Waals surface area contributed by atoms with Gasteiger partial charge in [0, 0.05) is 98.5 Å². The average molecular weight is 1810 g/mol. The van der Waals surface area contributed by atoms with Crippen molar-refractivity contribution in [3.05, 3.63) is 534 Å². The van der Waals surface area contributed by atoms with E-state index in [9.17, 15) is 0 Å². The molecule has 0 aliphatic carbocycles. The summed E-state index contributed by atoms with van der Waals surface area (Å²) in [5.74, 6) is 0. The maximum Gasteiger partial charge on any atom is 0.0547 e. The Morgan fingerprint density at radius 3 is 0.697 bits per heavy atom. The van der Waals surface area contributed by atoms with Crippen molar-refractivity contribution in [1.29, 1.82) is 0 Å². The van der Waals surface area contributed by atoms with Crippen LogP contribution in [0.15, 0.2) is 534 Å². The zero-order valence-electron chi connectivity index (χ0n) is 77.5. The molecule has 0 atom stereocenters. The van der Waals surface area contributed by atoms with Gasteiger partial charge in [0.2, 0.25) is 0 Å². The molecule has 6 nitrogen and oxygen atoms in total. The Hall–Kier alpha value is -18.9. The van der Waals surface area contributed by atoms with Crippen molar-refractivity contribution < 1.29 is 0 Å². The summed E-state index contributed by atoms with van der Waals surface area (Å²) in [6.45, 7) is 0. The highest BCUT2D eigenvalue weighted by Crippen LogP contribution is 2.47. The number of hydrogen-bond donors (Lipinski definition) is 0. The minimum atomic E-state index is 1.17. The minimum Gasteiger partial charge on any atom is -0.309 e. The van der Waals surface area contributed by atoms with Crippen molar-refractivity contribution in [2.24, 2.45) is 0 Å².